The van der Waals surface area contributed by atoms with Gasteiger partial charge in [0.25, 0.3) is 5.56 Å². The van der Waals surface area contributed by atoms with Crippen molar-refractivity contribution in [2.75, 3.05) is 5.32 Å². The van der Waals surface area contributed by atoms with Crippen molar-refractivity contribution in [1.82, 2.24) is 9.97 Å². The van der Waals surface area contributed by atoms with Gasteiger partial charge in [-0.05, 0) is 38.5 Å². The fraction of sp³-hybridized carbons (Fsp3) is 0.227. The standard InChI is InChI=1S/C22H23N3O2S/c1-14-9-11-18(12-10-14)24-20(26)13-19-15(2)23-22(25-21(19)27)28-16(3)17-7-5-4-6-8-17/h4-12,16H,13H2,1-3H3,(H,24,26)(H,23,25,27). The first-order valence-corrected chi connectivity index (χ1v) is 9.98. The maximum absolute atomic E-state index is 12.5. The normalized spacial score (nSPS) is 11.8. The maximum atomic E-state index is 12.5. The van der Waals surface area contributed by atoms with E-state index in [2.05, 4.69) is 22.2 Å². The van der Waals surface area contributed by atoms with E-state index in [1.54, 1.807) is 6.92 Å². The smallest absolute Gasteiger partial charge is 0.255 e. The lowest BCUT2D eigenvalue weighted by Crippen LogP contribution is -2.23. The van der Waals surface area contributed by atoms with Gasteiger partial charge in [0, 0.05) is 22.2 Å². The molecule has 0 aliphatic rings. The van der Waals surface area contributed by atoms with Crippen LogP contribution in [0.5, 0.6) is 0 Å². The molecule has 0 aliphatic heterocycles. The molecule has 5 nitrogen and oxygen atoms in total. The molecule has 0 fully saturated rings. The number of anilines is 1. The molecular weight excluding hydrogens is 370 g/mol. The van der Waals surface area contributed by atoms with Gasteiger partial charge in [-0.1, -0.05) is 59.8 Å². The molecule has 0 radical (unpaired) electrons. The third-order valence-electron chi connectivity index (χ3n) is 4.43. The lowest BCUT2D eigenvalue weighted by molar-refractivity contribution is -0.115. The first-order valence-electron chi connectivity index (χ1n) is 9.10. The Kier molecular flexibility index (Phi) is 6.31. The highest BCUT2D eigenvalue weighted by atomic mass is 32.2. The monoisotopic (exact) mass is 393 g/mol. The lowest BCUT2D eigenvalue weighted by atomic mass is 10.1. The van der Waals surface area contributed by atoms with Crippen molar-refractivity contribution in [2.24, 2.45) is 0 Å². The summed E-state index contributed by atoms with van der Waals surface area (Å²) in [5.41, 5.74) is 3.68. The van der Waals surface area contributed by atoms with Gasteiger partial charge in [0.1, 0.15) is 0 Å². The molecule has 3 aromatic rings. The fourth-order valence-electron chi connectivity index (χ4n) is 2.81. The highest BCUT2D eigenvalue weighted by Crippen LogP contribution is 2.32. The molecule has 1 heterocycles. The van der Waals surface area contributed by atoms with Crippen molar-refractivity contribution >= 4 is 23.4 Å². The highest BCUT2D eigenvalue weighted by molar-refractivity contribution is 7.99. The Morgan fingerprint density at radius 1 is 1.11 bits per heavy atom. The van der Waals surface area contributed by atoms with E-state index in [9.17, 15) is 9.59 Å². The lowest BCUT2D eigenvalue weighted by Gasteiger charge is -2.12. The molecule has 2 N–H and O–H groups in total. The van der Waals surface area contributed by atoms with Crippen molar-refractivity contribution in [2.45, 2.75) is 37.6 Å². The molecule has 0 saturated heterocycles. The molecule has 28 heavy (non-hydrogen) atoms. The van der Waals surface area contributed by atoms with Crippen LogP contribution in [0, 0.1) is 13.8 Å². The van der Waals surface area contributed by atoms with Gasteiger partial charge in [0.05, 0.1) is 6.42 Å². The topological polar surface area (TPSA) is 74.8 Å². The van der Waals surface area contributed by atoms with Crippen LogP contribution >= 0.6 is 11.8 Å². The SMILES string of the molecule is Cc1ccc(NC(=O)Cc2c(C)nc(SC(C)c3ccccc3)[nH]c2=O)cc1. The minimum atomic E-state index is -0.269. The Bertz CT molecular complexity index is 1010. The zero-order valence-electron chi connectivity index (χ0n) is 16.2. The minimum Gasteiger partial charge on any atom is -0.326 e. The summed E-state index contributed by atoms with van der Waals surface area (Å²) in [6.07, 6.45) is -0.0127. The first kappa shape index (κ1) is 19.9. The fourth-order valence-corrected chi connectivity index (χ4v) is 3.78. The molecule has 2 aromatic carbocycles. The largest absolute Gasteiger partial charge is 0.326 e. The quantitative estimate of drug-likeness (QED) is 0.480. The molecule has 0 spiro atoms. The van der Waals surface area contributed by atoms with Crippen molar-refractivity contribution < 1.29 is 4.79 Å². The van der Waals surface area contributed by atoms with Gasteiger partial charge in [-0.15, -0.1) is 0 Å². The van der Waals surface area contributed by atoms with Crippen LogP contribution in [0.3, 0.4) is 0 Å². The van der Waals surface area contributed by atoms with Gasteiger partial charge in [0.2, 0.25) is 5.91 Å². The number of rotatable bonds is 6. The van der Waals surface area contributed by atoms with E-state index in [1.165, 1.54) is 11.8 Å². The number of hydrogen-bond donors (Lipinski definition) is 2. The predicted octanol–water partition coefficient (Wildman–Crippen LogP) is 4.42. The number of carbonyl (C=O) groups is 1. The molecule has 6 heteroatoms. The Morgan fingerprint density at radius 3 is 2.43 bits per heavy atom. The van der Waals surface area contributed by atoms with Crippen LogP contribution in [0.15, 0.2) is 64.5 Å². The van der Waals surface area contributed by atoms with Crippen LogP contribution in [0.1, 0.15) is 34.6 Å². The molecule has 0 bridgehead atoms. The summed E-state index contributed by atoms with van der Waals surface area (Å²) in [6.45, 7) is 5.82. The van der Waals surface area contributed by atoms with Crippen molar-refractivity contribution in [3.8, 4) is 0 Å². The minimum absolute atomic E-state index is 0.0127. The molecule has 3 rings (SSSR count). The number of carbonyl (C=O) groups excluding carboxylic acids is 1. The van der Waals surface area contributed by atoms with E-state index in [-0.39, 0.29) is 23.1 Å². The molecule has 144 valence electrons. The van der Waals surface area contributed by atoms with E-state index in [4.69, 9.17) is 0 Å². The third-order valence-corrected chi connectivity index (χ3v) is 5.47. The van der Waals surface area contributed by atoms with Crippen molar-refractivity contribution in [3.05, 3.63) is 87.3 Å². The number of hydrogen-bond acceptors (Lipinski definition) is 4. The van der Waals surface area contributed by atoms with E-state index in [1.807, 2.05) is 61.5 Å². The Balaban J connectivity index is 1.70. The summed E-state index contributed by atoms with van der Waals surface area (Å²) in [7, 11) is 0. The highest BCUT2D eigenvalue weighted by Gasteiger charge is 2.15. The van der Waals surface area contributed by atoms with Gasteiger partial charge in [-0.25, -0.2) is 4.98 Å². The van der Waals surface area contributed by atoms with Gasteiger partial charge < -0.3 is 10.3 Å². The van der Waals surface area contributed by atoms with Gasteiger partial charge in [-0.3, -0.25) is 9.59 Å². The van der Waals surface area contributed by atoms with Crippen LogP contribution in [0.2, 0.25) is 0 Å². The summed E-state index contributed by atoms with van der Waals surface area (Å²) < 4.78 is 0. The Morgan fingerprint density at radius 2 is 1.79 bits per heavy atom. The van der Waals surface area contributed by atoms with Crippen LogP contribution < -0.4 is 10.9 Å². The van der Waals surface area contributed by atoms with E-state index >= 15 is 0 Å². The third kappa shape index (κ3) is 5.10. The Hall–Kier alpha value is -2.86. The first-order chi connectivity index (χ1) is 13.4. The predicted molar refractivity (Wildman–Crippen MR) is 114 cm³/mol. The number of aryl methyl sites for hydroxylation is 2. The second kappa shape index (κ2) is 8.89. The summed E-state index contributed by atoms with van der Waals surface area (Å²) >= 11 is 1.49. The van der Waals surface area contributed by atoms with Gasteiger partial charge >= 0.3 is 0 Å². The van der Waals surface area contributed by atoms with E-state index in [0.717, 1.165) is 11.1 Å². The van der Waals surface area contributed by atoms with Crippen LogP contribution in [0.25, 0.3) is 0 Å². The zero-order valence-corrected chi connectivity index (χ0v) is 17.0. The average Bonchev–Trinajstić information content (AvgIpc) is 2.67. The second-order valence-corrected chi connectivity index (χ2v) is 8.03. The molecular formula is C22H23N3O2S. The number of benzene rings is 2. The number of H-pyrrole nitrogens is 1. The van der Waals surface area contributed by atoms with Crippen molar-refractivity contribution in [3.63, 3.8) is 0 Å². The summed E-state index contributed by atoms with van der Waals surface area (Å²) in [5.74, 6) is -0.239. The van der Waals surface area contributed by atoms with E-state index in [0.29, 0.717) is 22.1 Å². The number of amides is 1. The summed E-state index contributed by atoms with van der Waals surface area (Å²) in [6, 6.07) is 17.6. The Labute approximate surface area is 168 Å². The summed E-state index contributed by atoms with van der Waals surface area (Å²) in [5, 5.41) is 3.52. The molecule has 0 aliphatic carbocycles. The average molecular weight is 394 g/mol. The van der Waals surface area contributed by atoms with Crippen LogP contribution in [-0.2, 0) is 11.2 Å². The van der Waals surface area contributed by atoms with E-state index < -0.39 is 0 Å². The molecule has 1 amide bonds. The molecule has 1 atom stereocenters. The van der Waals surface area contributed by atoms with Crippen molar-refractivity contribution in [1.29, 1.82) is 0 Å². The van der Waals surface area contributed by atoms with Gasteiger partial charge in [0.15, 0.2) is 5.16 Å². The number of nitrogens with zero attached hydrogens (tertiary/aromatic N) is 1. The number of aromatic amines is 1. The number of thioether (sulfide) groups is 1. The van der Waals surface area contributed by atoms with Crippen LogP contribution in [0.4, 0.5) is 5.69 Å². The number of aromatic nitrogens is 2. The van der Waals surface area contributed by atoms with Gasteiger partial charge in [-0.2, -0.15) is 0 Å². The zero-order chi connectivity index (χ0) is 20.1. The molecule has 1 unspecified atom stereocenters. The molecule has 0 saturated carbocycles. The molecule has 1 aromatic heterocycles. The second-order valence-electron chi connectivity index (χ2n) is 6.70. The van der Waals surface area contributed by atoms with Crippen LogP contribution in [-0.4, -0.2) is 15.9 Å². The summed E-state index contributed by atoms with van der Waals surface area (Å²) in [4.78, 5) is 32.2. The maximum Gasteiger partial charge on any atom is 0.255 e. The number of nitrogens with one attached hydrogen (secondary N) is 2.